The Morgan fingerprint density at radius 3 is 2.69 bits per heavy atom. The van der Waals surface area contributed by atoms with E-state index >= 15 is 0 Å². The Morgan fingerprint density at radius 1 is 1.21 bits per heavy atom. The average Bonchev–Trinajstić information content (AvgIpc) is 3.17. The minimum absolute atomic E-state index is 0.0896. The Balaban J connectivity index is 1.50. The number of aromatic nitrogens is 6. The second-order valence-electron chi connectivity index (χ2n) is 7.75. The first-order valence-corrected chi connectivity index (χ1v) is 10.00. The predicted octanol–water partition coefficient (Wildman–Crippen LogP) is 2.94. The standard InChI is InChI=1S/C21H25N7O/c1-14(2)6-7-18-25-20-15(3)27(9-10-28(20)26-18)21(29)17-12-23-19(24-13-17)16-5-4-8-22-11-16/h4-5,8,11-15H,6-7,9-10H2,1-3H3/t15-/m1/s1. The molecule has 1 aliphatic heterocycles. The highest BCUT2D eigenvalue weighted by Crippen LogP contribution is 2.25. The number of nitrogens with zero attached hydrogens (tertiary/aromatic N) is 7. The van der Waals surface area contributed by atoms with Gasteiger partial charge in [-0.1, -0.05) is 13.8 Å². The Hall–Kier alpha value is -3.16. The first-order chi connectivity index (χ1) is 14.0. The van der Waals surface area contributed by atoms with Gasteiger partial charge in [0.05, 0.1) is 18.2 Å². The molecular weight excluding hydrogens is 366 g/mol. The molecule has 3 aromatic heterocycles. The molecule has 1 aliphatic rings. The van der Waals surface area contributed by atoms with Crippen LogP contribution < -0.4 is 0 Å². The summed E-state index contributed by atoms with van der Waals surface area (Å²) in [6.07, 6.45) is 8.48. The molecule has 29 heavy (non-hydrogen) atoms. The summed E-state index contributed by atoms with van der Waals surface area (Å²) in [5.41, 5.74) is 1.29. The van der Waals surface area contributed by atoms with Gasteiger partial charge >= 0.3 is 0 Å². The second kappa shape index (κ2) is 8.06. The van der Waals surface area contributed by atoms with Crippen LogP contribution in [0.5, 0.6) is 0 Å². The van der Waals surface area contributed by atoms with E-state index in [0.717, 1.165) is 30.1 Å². The van der Waals surface area contributed by atoms with Crippen LogP contribution in [0.3, 0.4) is 0 Å². The Morgan fingerprint density at radius 2 is 2.00 bits per heavy atom. The third-order valence-electron chi connectivity index (χ3n) is 5.16. The molecular formula is C21H25N7O. The average molecular weight is 391 g/mol. The van der Waals surface area contributed by atoms with E-state index in [-0.39, 0.29) is 11.9 Å². The molecule has 1 atom stereocenters. The largest absolute Gasteiger partial charge is 0.327 e. The molecule has 3 aromatic rings. The fraction of sp³-hybridized carbons (Fsp3) is 0.429. The van der Waals surface area contributed by atoms with Gasteiger partial charge in [-0.15, -0.1) is 0 Å². The number of aryl methyl sites for hydroxylation is 1. The highest BCUT2D eigenvalue weighted by Gasteiger charge is 2.31. The van der Waals surface area contributed by atoms with Crippen LogP contribution in [0.25, 0.3) is 11.4 Å². The van der Waals surface area contributed by atoms with E-state index in [0.29, 0.717) is 30.4 Å². The lowest BCUT2D eigenvalue weighted by Crippen LogP contribution is -2.41. The molecule has 8 nitrogen and oxygen atoms in total. The lowest BCUT2D eigenvalue weighted by Gasteiger charge is -2.32. The van der Waals surface area contributed by atoms with E-state index in [9.17, 15) is 4.79 Å². The summed E-state index contributed by atoms with van der Waals surface area (Å²) in [4.78, 5) is 32.4. The van der Waals surface area contributed by atoms with Gasteiger partial charge in [-0.3, -0.25) is 9.78 Å². The summed E-state index contributed by atoms with van der Waals surface area (Å²) in [6.45, 7) is 7.62. The van der Waals surface area contributed by atoms with Crippen LogP contribution in [-0.4, -0.2) is 47.1 Å². The van der Waals surface area contributed by atoms with Crippen LogP contribution in [-0.2, 0) is 13.0 Å². The van der Waals surface area contributed by atoms with Crippen molar-refractivity contribution in [3.63, 3.8) is 0 Å². The first-order valence-electron chi connectivity index (χ1n) is 10.00. The van der Waals surface area contributed by atoms with Crippen molar-refractivity contribution < 1.29 is 4.79 Å². The number of hydrogen-bond acceptors (Lipinski definition) is 6. The van der Waals surface area contributed by atoms with Gasteiger partial charge < -0.3 is 4.90 Å². The Bertz CT molecular complexity index is 982. The molecule has 0 radical (unpaired) electrons. The SMILES string of the molecule is CC(C)CCc1nc2n(n1)CCN(C(=O)c1cnc(-c3cccnc3)nc1)[C@@H]2C. The normalized spacial score (nSPS) is 16.1. The quantitative estimate of drug-likeness (QED) is 0.664. The van der Waals surface area contributed by atoms with Crippen LogP contribution in [0.2, 0.25) is 0 Å². The number of carbonyl (C=O) groups is 1. The Kier molecular flexibility index (Phi) is 5.33. The van der Waals surface area contributed by atoms with Crippen molar-refractivity contribution in [2.75, 3.05) is 6.54 Å². The van der Waals surface area contributed by atoms with E-state index in [1.165, 1.54) is 0 Å². The number of carbonyl (C=O) groups excluding carboxylic acids is 1. The lowest BCUT2D eigenvalue weighted by molar-refractivity contribution is 0.0630. The van der Waals surface area contributed by atoms with Gasteiger partial charge in [0, 0.05) is 43.3 Å². The number of amides is 1. The first kappa shape index (κ1) is 19.2. The lowest BCUT2D eigenvalue weighted by atomic mass is 10.1. The number of hydrogen-bond donors (Lipinski definition) is 0. The third kappa shape index (κ3) is 4.01. The number of fused-ring (bicyclic) bond motifs is 1. The van der Waals surface area contributed by atoms with E-state index in [1.54, 1.807) is 24.8 Å². The van der Waals surface area contributed by atoms with Crippen LogP contribution in [0.1, 0.15) is 55.2 Å². The maximum absolute atomic E-state index is 13.1. The van der Waals surface area contributed by atoms with Gasteiger partial charge in [0.2, 0.25) is 0 Å². The fourth-order valence-corrected chi connectivity index (χ4v) is 3.46. The zero-order chi connectivity index (χ0) is 20.4. The molecule has 0 aliphatic carbocycles. The minimum Gasteiger partial charge on any atom is -0.327 e. The summed E-state index contributed by atoms with van der Waals surface area (Å²) in [5.74, 6) is 2.78. The van der Waals surface area contributed by atoms with Crippen LogP contribution in [0, 0.1) is 5.92 Å². The monoisotopic (exact) mass is 391 g/mol. The number of pyridine rings is 1. The third-order valence-corrected chi connectivity index (χ3v) is 5.16. The molecule has 0 N–H and O–H groups in total. The topological polar surface area (TPSA) is 89.7 Å². The zero-order valence-corrected chi connectivity index (χ0v) is 17.0. The van der Waals surface area contributed by atoms with Gasteiger partial charge in [0.25, 0.3) is 5.91 Å². The summed E-state index contributed by atoms with van der Waals surface area (Å²) in [6, 6.07) is 3.58. The molecule has 150 valence electrons. The molecule has 8 heteroatoms. The van der Waals surface area contributed by atoms with Gasteiger partial charge in [-0.05, 0) is 31.4 Å². The van der Waals surface area contributed by atoms with Gasteiger partial charge in [0.15, 0.2) is 11.6 Å². The maximum Gasteiger partial charge on any atom is 0.257 e. The van der Waals surface area contributed by atoms with Crippen LogP contribution in [0.4, 0.5) is 0 Å². The second-order valence-corrected chi connectivity index (χ2v) is 7.75. The highest BCUT2D eigenvalue weighted by molar-refractivity contribution is 5.94. The molecule has 4 heterocycles. The highest BCUT2D eigenvalue weighted by atomic mass is 16.2. The van der Waals surface area contributed by atoms with Crippen molar-refractivity contribution in [1.29, 1.82) is 0 Å². The summed E-state index contributed by atoms with van der Waals surface area (Å²) in [7, 11) is 0. The van der Waals surface area contributed by atoms with E-state index in [4.69, 9.17) is 4.98 Å². The summed E-state index contributed by atoms with van der Waals surface area (Å²) >= 11 is 0. The van der Waals surface area contributed by atoms with Crippen molar-refractivity contribution in [2.24, 2.45) is 5.92 Å². The van der Waals surface area contributed by atoms with Gasteiger partial charge in [-0.25, -0.2) is 19.6 Å². The van der Waals surface area contributed by atoms with Crippen molar-refractivity contribution in [3.8, 4) is 11.4 Å². The van der Waals surface area contributed by atoms with Gasteiger partial charge in [0.1, 0.15) is 5.82 Å². The van der Waals surface area contributed by atoms with E-state index < -0.39 is 0 Å². The van der Waals surface area contributed by atoms with Crippen molar-refractivity contribution in [3.05, 3.63) is 54.1 Å². The van der Waals surface area contributed by atoms with Gasteiger partial charge in [-0.2, -0.15) is 5.10 Å². The minimum atomic E-state index is -0.144. The van der Waals surface area contributed by atoms with Crippen molar-refractivity contribution in [1.82, 2.24) is 34.6 Å². The van der Waals surface area contributed by atoms with Crippen molar-refractivity contribution in [2.45, 2.75) is 46.2 Å². The molecule has 1 amide bonds. The predicted molar refractivity (Wildman–Crippen MR) is 108 cm³/mol. The zero-order valence-electron chi connectivity index (χ0n) is 17.0. The number of rotatable bonds is 5. The summed E-state index contributed by atoms with van der Waals surface area (Å²) < 4.78 is 1.94. The van der Waals surface area contributed by atoms with Crippen molar-refractivity contribution >= 4 is 5.91 Å². The Labute approximate surface area is 170 Å². The summed E-state index contributed by atoms with van der Waals surface area (Å²) in [5, 5.41) is 4.62. The van der Waals surface area contributed by atoms with E-state index in [1.807, 2.05) is 28.6 Å². The van der Waals surface area contributed by atoms with Crippen LogP contribution in [0.15, 0.2) is 36.9 Å². The molecule has 0 fully saturated rings. The smallest absolute Gasteiger partial charge is 0.257 e. The molecule has 0 saturated carbocycles. The fourth-order valence-electron chi connectivity index (χ4n) is 3.46. The molecule has 0 spiro atoms. The van der Waals surface area contributed by atoms with E-state index in [2.05, 4.69) is 33.9 Å². The molecule has 0 bridgehead atoms. The molecule has 4 rings (SSSR count). The molecule has 0 saturated heterocycles. The van der Waals surface area contributed by atoms with Crippen LogP contribution >= 0.6 is 0 Å². The molecule has 0 aromatic carbocycles. The maximum atomic E-state index is 13.1. The molecule has 0 unspecified atom stereocenters.